The maximum atomic E-state index is 10.9. The molecule has 1 fully saturated rings. The molecular weight excluding hydrogens is 124 g/mol. The summed E-state index contributed by atoms with van der Waals surface area (Å²) >= 11 is 0. The van der Waals surface area contributed by atoms with E-state index in [2.05, 4.69) is 6.92 Å². The van der Waals surface area contributed by atoms with Crippen molar-refractivity contribution in [1.29, 1.82) is 0 Å². The lowest BCUT2D eigenvalue weighted by Gasteiger charge is -2.23. The van der Waals surface area contributed by atoms with Gasteiger partial charge in [-0.2, -0.15) is 0 Å². The summed E-state index contributed by atoms with van der Waals surface area (Å²) < 4.78 is 0. The van der Waals surface area contributed by atoms with E-state index in [-0.39, 0.29) is 0 Å². The van der Waals surface area contributed by atoms with Crippen LogP contribution >= 0.6 is 0 Å². The van der Waals surface area contributed by atoms with E-state index in [1.807, 2.05) is 0 Å². The first-order valence-corrected chi connectivity index (χ1v) is 4.20. The Morgan fingerprint density at radius 3 is 2.10 bits per heavy atom. The van der Waals surface area contributed by atoms with E-state index >= 15 is 0 Å². The normalized spacial score (nSPS) is 33.8. The first-order valence-electron chi connectivity index (χ1n) is 4.20. The van der Waals surface area contributed by atoms with Crippen molar-refractivity contribution in [2.24, 2.45) is 11.8 Å². The van der Waals surface area contributed by atoms with E-state index in [1.54, 1.807) is 6.92 Å². The minimum absolute atomic E-state index is 0.395. The molecule has 0 amide bonds. The number of carbonyl (C=O) groups is 1. The van der Waals surface area contributed by atoms with Crippen LogP contribution in [0.5, 0.6) is 0 Å². The standard InChI is InChI=1S/C9H16O/c1-7-3-5-9(6-4-7)8(2)10/h7,9H,3-6H2,1-2H3/t7-,9+. The Kier molecular flexibility index (Phi) is 2.47. The predicted molar refractivity (Wildman–Crippen MR) is 41.8 cm³/mol. The van der Waals surface area contributed by atoms with Gasteiger partial charge in [-0.1, -0.05) is 19.8 Å². The largest absolute Gasteiger partial charge is 0.300 e. The Balaban J connectivity index is 2.33. The molecule has 0 bridgehead atoms. The first-order chi connectivity index (χ1) is 4.70. The van der Waals surface area contributed by atoms with E-state index < -0.39 is 0 Å². The Morgan fingerprint density at radius 2 is 1.70 bits per heavy atom. The molecule has 1 rings (SSSR count). The van der Waals surface area contributed by atoms with Crippen molar-refractivity contribution in [3.8, 4) is 0 Å². The van der Waals surface area contributed by atoms with Gasteiger partial charge in [-0.15, -0.1) is 0 Å². The average molecular weight is 140 g/mol. The summed E-state index contributed by atoms with van der Waals surface area (Å²) in [6.45, 7) is 4.00. The van der Waals surface area contributed by atoms with E-state index in [0.717, 1.165) is 18.8 Å². The Bertz CT molecular complexity index is 121. The van der Waals surface area contributed by atoms with Gasteiger partial charge in [0.25, 0.3) is 0 Å². The van der Waals surface area contributed by atoms with Crippen LogP contribution < -0.4 is 0 Å². The van der Waals surface area contributed by atoms with Gasteiger partial charge < -0.3 is 0 Å². The number of carbonyl (C=O) groups excluding carboxylic acids is 1. The lowest BCUT2D eigenvalue weighted by Crippen LogP contribution is -2.18. The molecule has 0 heterocycles. The SMILES string of the molecule is CC(=O)[C@H]1CC[C@@H](C)CC1. The molecule has 10 heavy (non-hydrogen) atoms. The molecule has 0 radical (unpaired) electrons. The van der Waals surface area contributed by atoms with Crippen molar-refractivity contribution in [3.63, 3.8) is 0 Å². The van der Waals surface area contributed by atoms with Crippen molar-refractivity contribution < 1.29 is 4.79 Å². The van der Waals surface area contributed by atoms with Crippen LogP contribution in [0.3, 0.4) is 0 Å². The summed E-state index contributed by atoms with van der Waals surface area (Å²) in [5.74, 6) is 1.65. The molecule has 0 aromatic rings. The van der Waals surface area contributed by atoms with Gasteiger partial charge in [0.15, 0.2) is 0 Å². The van der Waals surface area contributed by atoms with Crippen molar-refractivity contribution in [2.45, 2.75) is 39.5 Å². The van der Waals surface area contributed by atoms with Crippen LogP contribution in [-0.4, -0.2) is 5.78 Å². The zero-order valence-electron chi connectivity index (χ0n) is 6.89. The third-order valence-corrected chi connectivity index (χ3v) is 2.59. The van der Waals surface area contributed by atoms with Crippen LogP contribution in [0, 0.1) is 11.8 Å². The van der Waals surface area contributed by atoms with Crippen molar-refractivity contribution in [2.75, 3.05) is 0 Å². The van der Waals surface area contributed by atoms with Crippen LogP contribution in [-0.2, 0) is 4.79 Å². The summed E-state index contributed by atoms with van der Waals surface area (Å²) in [7, 11) is 0. The van der Waals surface area contributed by atoms with Crippen molar-refractivity contribution >= 4 is 5.78 Å². The van der Waals surface area contributed by atoms with Crippen molar-refractivity contribution in [3.05, 3.63) is 0 Å². The van der Waals surface area contributed by atoms with Gasteiger partial charge in [-0.05, 0) is 25.7 Å². The fourth-order valence-corrected chi connectivity index (χ4v) is 1.67. The number of rotatable bonds is 1. The fraction of sp³-hybridized carbons (Fsp3) is 0.889. The Hall–Kier alpha value is -0.330. The van der Waals surface area contributed by atoms with Crippen LogP contribution in [0.2, 0.25) is 0 Å². The second-order valence-corrected chi connectivity index (χ2v) is 3.57. The minimum Gasteiger partial charge on any atom is -0.300 e. The molecule has 1 aliphatic rings. The molecule has 58 valence electrons. The monoisotopic (exact) mass is 140 g/mol. The van der Waals surface area contributed by atoms with E-state index in [1.165, 1.54) is 12.8 Å². The zero-order valence-corrected chi connectivity index (χ0v) is 6.89. The highest BCUT2D eigenvalue weighted by Crippen LogP contribution is 2.28. The first kappa shape index (κ1) is 7.77. The van der Waals surface area contributed by atoms with Gasteiger partial charge in [0.2, 0.25) is 0 Å². The molecule has 0 unspecified atom stereocenters. The van der Waals surface area contributed by atoms with Gasteiger partial charge in [0.05, 0.1) is 0 Å². The maximum absolute atomic E-state index is 10.9. The molecule has 1 nitrogen and oxygen atoms in total. The highest BCUT2D eigenvalue weighted by molar-refractivity contribution is 5.78. The van der Waals surface area contributed by atoms with Crippen LogP contribution in [0.1, 0.15) is 39.5 Å². The van der Waals surface area contributed by atoms with Gasteiger partial charge in [0, 0.05) is 5.92 Å². The van der Waals surface area contributed by atoms with Gasteiger partial charge in [-0.25, -0.2) is 0 Å². The van der Waals surface area contributed by atoms with Crippen LogP contribution in [0.25, 0.3) is 0 Å². The molecule has 0 aromatic carbocycles. The smallest absolute Gasteiger partial charge is 0.132 e. The fourth-order valence-electron chi connectivity index (χ4n) is 1.67. The highest BCUT2D eigenvalue weighted by Gasteiger charge is 2.20. The Morgan fingerprint density at radius 1 is 1.20 bits per heavy atom. The predicted octanol–water partition coefficient (Wildman–Crippen LogP) is 2.40. The van der Waals surface area contributed by atoms with Crippen LogP contribution in [0.4, 0.5) is 0 Å². The second kappa shape index (κ2) is 3.18. The number of hydrogen-bond acceptors (Lipinski definition) is 1. The zero-order chi connectivity index (χ0) is 7.56. The third kappa shape index (κ3) is 1.83. The van der Waals surface area contributed by atoms with Gasteiger partial charge >= 0.3 is 0 Å². The van der Waals surface area contributed by atoms with E-state index in [9.17, 15) is 4.79 Å². The molecule has 0 aliphatic heterocycles. The summed E-state index contributed by atoms with van der Waals surface area (Å²) in [5.41, 5.74) is 0. The lowest BCUT2D eigenvalue weighted by molar-refractivity contribution is -0.121. The topological polar surface area (TPSA) is 17.1 Å². The average Bonchev–Trinajstić information content (AvgIpc) is 1.88. The molecule has 0 saturated heterocycles. The molecule has 0 aromatic heterocycles. The van der Waals surface area contributed by atoms with Crippen LogP contribution in [0.15, 0.2) is 0 Å². The summed E-state index contributed by atoms with van der Waals surface area (Å²) in [5, 5.41) is 0. The molecule has 1 heteroatoms. The number of ketones is 1. The molecular formula is C9H16O. The summed E-state index contributed by atoms with van der Waals surface area (Å²) in [4.78, 5) is 10.9. The van der Waals surface area contributed by atoms with Gasteiger partial charge in [0.1, 0.15) is 5.78 Å². The summed E-state index contributed by atoms with van der Waals surface area (Å²) in [6, 6.07) is 0. The maximum Gasteiger partial charge on any atom is 0.132 e. The molecule has 0 N–H and O–H groups in total. The minimum atomic E-state index is 0.395. The number of hydrogen-bond donors (Lipinski definition) is 0. The summed E-state index contributed by atoms with van der Waals surface area (Å²) in [6.07, 6.45) is 4.78. The van der Waals surface area contributed by atoms with Gasteiger partial charge in [-0.3, -0.25) is 4.79 Å². The lowest BCUT2D eigenvalue weighted by atomic mass is 9.81. The molecule has 0 atom stereocenters. The molecule has 1 saturated carbocycles. The Labute approximate surface area is 62.8 Å². The third-order valence-electron chi connectivity index (χ3n) is 2.59. The van der Waals surface area contributed by atoms with Crippen molar-refractivity contribution in [1.82, 2.24) is 0 Å². The molecule has 1 aliphatic carbocycles. The molecule has 0 spiro atoms. The second-order valence-electron chi connectivity index (χ2n) is 3.57. The van der Waals surface area contributed by atoms with E-state index in [4.69, 9.17) is 0 Å². The highest BCUT2D eigenvalue weighted by atomic mass is 16.1. The number of Topliss-reactive ketones (excluding diaryl/α,β-unsaturated/α-hetero) is 1. The van der Waals surface area contributed by atoms with E-state index in [0.29, 0.717) is 11.7 Å². The quantitative estimate of drug-likeness (QED) is 0.546.